The number of nitrogens with zero attached hydrogens (tertiary/aromatic N) is 2. The van der Waals surface area contributed by atoms with Gasteiger partial charge in [-0.2, -0.15) is 5.26 Å². The molecule has 0 aromatic heterocycles. The highest BCUT2D eigenvalue weighted by molar-refractivity contribution is 7.89. The van der Waals surface area contributed by atoms with Crippen LogP contribution in [0.2, 0.25) is 0 Å². The summed E-state index contributed by atoms with van der Waals surface area (Å²) in [6, 6.07) is 1.62. The Morgan fingerprint density at radius 3 is 2.44 bits per heavy atom. The van der Waals surface area contributed by atoms with Crippen molar-refractivity contribution in [3.63, 3.8) is 0 Å². The van der Waals surface area contributed by atoms with Gasteiger partial charge in [-0.3, -0.25) is 4.79 Å². The number of carbonyl (C=O) groups is 1. The lowest BCUT2D eigenvalue weighted by Gasteiger charge is -2.29. The van der Waals surface area contributed by atoms with E-state index in [2.05, 4.69) is 0 Å². The molecule has 0 aromatic carbocycles. The number of piperidine rings is 1. The third-order valence-electron chi connectivity index (χ3n) is 2.68. The van der Waals surface area contributed by atoms with E-state index in [1.54, 1.807) is 6.07 Å². The molecule has 16 heavy (non-hydrogen) atoms. The van der Waals surface area contributed by atoms with Gasteiger partial charge in [0.1, 0.15) is 0 Å². The summed E-state index contributed by atoms with van der Waals surface area (Å²) < 4.78 is 24.3. The van der Waals surface area contributed by atoms with Crippen LogP contribution in [0.5, 0.6) is 0 Å². The average Bonchev–Trinajstić information content (AvgIpc) is 2.17. The number of aliphatic carboxylic acids is 1. The van der Waals surface area contributed by atoms with Crippen LogP contribution in [0.1, 0.15) is 19.3 Å². The van der Waals surface area contributed by atoms with E-state index in [0.717, 1.165) is 0 Å². The predicted molar refractivity (Wildman–Crippen MR) is 55.9 cm³/mol. The topological polar surface area (TPSA) is 98.5 Å². The molecule has 1 aliphatic rings. The zero-order chi connectivity index (χ0) is 12.2. The van der Waals surface area contributed by atoms with Crippen LogP contribution in [-0.4, -0.2) is 42.6 Å². The van der Waals surface area contributed by atoms with Crippen LogP contribution in [0.4, 0.5) is 0 Å². The molecule has 0 aromatic rings. The van der Waals surface area contributed by atoms with Crippen molar-refractivity contribution >= 4 is 16.0 Å². The van der Waals surface area contributed by atoms with Gasteiger partial charge in [0.15, 0.2) is 5.75 Å². The summed E-state index contributed by atoms with van der Waals surface area (Å²) in [4.78, 5) is 10.5. The van der Waals surface area contributed by atoms with E-state index in [-0.39, 0.29) is 12.3 Å². The quantitative estimate of drug-likeness (QED) is 0.754. The highest BCUT2D eigenvalue weighted by Gasteiger charge is 2.28. The van der Waals surface area contributed by atoms with Crippen LogP contribution in [0, 0.1) is 17.2 Å². The molecule has 90 valence electrons. The van der Waals surface area contributed by atoms with Gasteiger partial charge in [0.05, 0.1) is 6.07 Å². The smallest absolute Gasteiger partial charge is 0.303 e. The molecule has 0 bridgehead atoms. The molecule has 7 heteroatoms. The minimum Gasteiger partial charge on any atom is -0.481 e. The van der Waals surface area contributed by atoms with Gasteiger partial charge >= 0.3 is 5.97 Å². The Morgan fingerprint density at radius 1 is 1.44 bits per heavy atom. The third kappa shape index (κ3) is 3.47. The first kappa shape index (κ1) is 12.9. The van der Waals surface area contributed by atoms with Gasteiger partial charge in [-0.15, -0.1) is 0 Å². The van der Waals surface area contributed by atoms with Crippen molar-refractivity contribution in [1.29, 1.82) is 5.26 Å². The predicted octanol–water partition coefficient (Wildman–Crippen LogP) is 0.0265. The van der Waals surface area contributed by atoms with Gasteiger partial charge in [-0.1, -0.05) is 0 Å². The Hall–Kier alpha value is -1.13. The molecule has 0 atom stereocenters. The zero-order valence-corrected chi connectivity index (χ0v) is 9.61. The third-order valence-corrected chi connectivity index (χ3v) is 4.32. The van der Waals surface area contributed by atoms with Gasteiger partial charge in [0, 0.05) is 19.5 Å². The maximum atomic E-state index is 11.5. The largest absolute Gasteiger partial charge is 0.481 e. The minimum atomic E-state index is -3.46. The van der Waals surface area contributed by atoms with Crippen LogP contribution in [0.3, 0.4) is 0 Å². The molecule has 1 heterocycles. The van der Waals surface area contributed by atoms with Crippen molar-refractivity contribution in [1.82, 2.24) is 4.31 Å². The lowest BCUT2D eigenvalue weighted by Crippen LogP contribution is -2.39. The van der Waals surface area contributed by atoms with Crippen molar-refractivity contribution < 1.29 is 18.3 Å². The molecule has 1 N–H and O–H groups in total. The first-order valence-electron chi connectivity index (χ1n) is 5.02. The van der Waals surface area contributed by atoms with Crippen molar-refractivity contribution in [2.75, 3.05) is 18.8 Å². The van der Waals surface area contributed by atoms with E-state index >= 15 is 0 Å². The number of sulfonamides is 1. The Bertz CT molecular complexity index is 390. The van der Waals surface area contributed by atoms with E-state index in [0.29, 0.717) is 25.9 Å². The molecule has 0 radical (unpaired) electrons. The first-order chi connectivity index (χ1) is 7.45. The Morgan fingerprint density at radius 2 is 2.00 bits per heavy atom. The molecule has 1 fully saturated rings. The van der Waals surface area contributed by atoms with E-state index in [4.69, 9.17) is 10.4 Å². The van der Waals surface area contributed by atoms with E-state index in [1.165, 1.54) is 4.31 Å². The van der Waals surface area contributed by atoms with Crippen molar-refractivity contribution in [2.24, 2.45) is 5.92 Å². The second-order valence-electron chi connectivity index (χ2n) is 3.85. The van der Waals surface area contributed by atoms with Gasteiger partial charge in [0.2, 0.25) is 10.0 Å². The van der Waals surface area contributed by atoms with Crippen LogP contribution < -0.4 is 0 Å². The molecular weight excluding hydrogens is 232 g/mol. The molecule has 0 unspecified atom stereocenters. The minimum absolute atomic E-state index is 0.0473. The number of hydrogen-bond donors (Lipinski definition) is 1. The van der Waals surface area contributed by atoms with Crippen molar-refractivity contribution in [3.05, 3.63) is 0 Å². The second kappa shape index (κ2) is 5.27. The fourth-order valence-electron chi connectivity index (χ4n) is 1.81. The first-order valence-corrected chi connectivity index (χ1v) is 6.63. The monoisotopic (exact) mass is 246 g/mol. The maximum Gasteiger partial charge on any atom is 0.303 e. The van der Waals surface area contributed by atoms with Gasteiger partial charge in [0.25, 0.3) is 0 Å². The summed E-state index contributed by atoms with van der Waals surface area (Å²) in [6.07, 6.45) is 1.19. The fourth-order valence-corrected chi connectivity index (χ4v) is 2.92. The summed E-state index contributed by atoms with van der Waals surface area (Å²) in [7, 11) is -3.46. The number of rotatable bonds is 4. The molecule has 1 rings (SSSR count). The summed E-state index contributed by atoms with van der Waals surface area (Å²) in [5.41, 5.74) is 0. The molecular formula is C9H14N2O4S. The van der Waals surface area contributed by atoms with Crippen LogP contribution in [0.25, 0.3) is 0 Å². The lowest BCUT2D eigenvalue weighted by atomic mass is 9.95. The fraction of sp³-hybridized carbons (Fsp3) is 0.778. The van der Waals surface area contributed by atoms with E-state index < -0.39 is 21.7 Å². The second-order valence-corrected chi connectivity index (χ2v) is 5.82. The normalized spacial score (nSPS) is 19.2. The SMILES string of the molecule is N#CCS(=O)(=O)N1CCC(CC(=O)O)CC1. The molecule has 0 saturated carbocycles. The number of carboxylic acids is 1. The molecule has 0 aliphatic carbocycles. The molecule has 1 aliphatic heterocycles. The van der Waals surface area contributed by atoms with Crippen molar-refractivity contribution in [2.45, 2.75) is 19.3 Å². The highest BCUT2D eigenvalue weighted by Crippen LogP contribution is 2.22. The Kier molecular flexibility index (Phi) is 4.26. The highest BCUT2D eigenvalue weighted by atomic mass is 32.2. The Balaban J connectivity index is 2.50. The zero-order valence-electron chi connectivity index (χ0n) is 8.79. The van der Waals surface area contributed by atoms with E-state index in [9.17, 15) is 13.2 Å². The number of carboxylic acid groups (broad SMARTS) is 1. The molecule has 1 saturated heterocycles. The van der Waals surface area contributed by atoms with Crippen LogP contribution >= 0.6 is 0 Å². The Labute approximate surface area is 94.5 Å². The molecule has 0 spiro atoms. The maximum absolute atomic E-state index is 11.5. The average molecular weight is 246 g/mol. The number of hydrogen-bond acceptors (Lipinski definition) is 4. The number of nitriles is 1. The van der Waals surface area contributed by atoms with Gasteiger partial charge in [-0.05, 0) is 18.8 Å². The summed E-state index contributed by atoms with van der Waals surface area (Å²) in [6.45, 7) is 0.643. The van der Waals surface area contributed by atoms with E-state index in [1.807, 2.05) is 0 Å². The summed E-state index contributed by atoms with van der Waals surface area (Å²) in [5, 5.41) is 17.0. The lowest BCUT2D eigenvalue weighted by molar-refractivity contribution is -0.138. The van der Waals surface area contributed by atoms with Gasteiger partial charge < -0.3 is 5.11 Å². The summed E-state index contributed by atoms with van der Waals surface area (Å²) >= 11 is 0. The van der Waals surface area contributed by atoms with Crippen LogP contribution in [0.15, 0.2) is 0 Å². The molecule has 6 nitrogen and oxygen atoms in total. The standard InChI is InChI=1S/C9H14N2O4S/c10-3-6-16(14,15)11-4-1-8(2-5-11)7-9(12)13/h8H,1-2,4-7H2,(H,12,13). The summed E-state index contributed by atoms with van der Waals surface area (Å²) in [5.74, 6) is -1.30. The van der Waals surface area contributed by atoms with Crippen LogP contribution in [-0.2, 0) is 14.8 Å². The van der Waals surface area contributed by atoms with Crippen molar-refractivity contribution in [3.8, 4) is 6.07 Å². The molecule has 0 amide bonds. The van der Waals surface area contributed by atoms with Gasteiger partial charge in [-0.25, -0.2) is 12.7 Å².